The number of anilines is 1. The van der Waals surface area contributed by atoms with Gasteiger partial charge in [0.1, 0.15) is 0 Å². The highest BCUT2D eigenvalue weighted by Crippen LogP contribution is 2.26. The van der Waals surface area contributed by atoms with Crippen LogP contribution in [0.4, 0.5) is 5.69 Å². The predicted molar refractivity (Wildman–Crippen MR) is 94.9 cm³/mol. The molecule has 0 saturated carbocycles. The predicted octanol–water partition coefficient (Wildman–Crippen LogP) is 5.67. The summed E-state index contributed by atoms with van der Waals surface area (Å²) in [5.41, 5.74) is 2.89. The molecule has 3 aromatic rings. The molecule has 1 atom stereocenters. The standard InChI is InChI=1S/C19H19NOS/c1-3-13(2)14-8-10-15(11-9-14)20-19(21)17-12-22-18-7-5-4-6-16(17)18/h4-13H,3H2,1-2H3,(H,20,21). The summed E-state index contributed by atoms with van der Waals surface area (Å²) in [4.78, 5) is 12.5. The van der Waals surface area contributed by atoms with E-state index in [1.165, 1.54) is 5.56 Å². The summed E-state index contributed by atoms with van der Waals surface area (Å²) in [6, 6.07) is 16.1. The van der Waals surface area contributed by atoms with Crippen LogP contribution in [-0.2, 0) is 0 Å². The second-order valence-electron chi connectivity index (χ2n) is 5.53. The van der Waals surface area contributed by atoms with Crippen LogP contribution >= 0.6 is 11.3 Å². The van der Waals surface area contributed by atoms with Crippen LogP contribution in [0, 0.1) is 0 Å². The number of carbonyl (C=O) groups excluding carboxylic acids is 1. The molecule has 0 spiro atoms. The zero-order valence-corrected chi connectivity index (χ0v) is 13.6. The van der Waals surface area contributed by atoms with Crippen molar-refractivity contribution in [2.75, 3.05) is 5.32 Å². The van der Waals surface area contributed by atoms with Crippen molar-refractivity contribution in [1.29, 1.82) is 0 Å². The number of fused-ring (bicyclic) bond motifs is 1. The van der Waals surface area contributed by atoms with Crippen LogP contribution in [0.3, 0.4) is 0 Å². The molecule has 1 amide bonds. The Hall–Kier alpha value is -2.13. The Morgan fingerprint density at radius 1 is 1.14 bits per heavy atom. The van der Waals surface area contributed by atoms with Gasteiger partial charge in [0.05, 0.1) is 5.56 Å². The Morgan fingerprint density at radius 3 is 2.59 bits per heavy atom. The first kappa shape index (κ1) is 14.8. The molecule has 2 aromatic carbocycles. The monoisotopic (exact) mass is 309 g/mol. The van der Waals surface area contributed by atoms with Gasteiger partial charge in [0.15, 0.2) is 0 Å². The molecule has 0 fully saturated rings. The average molecular weight is 309 g/mol. The normalized spacial score (nSPS) is 12.3. The van der Waals surface area contributed by atoms with E-state index in [0.717, 1.165) is 27.8 Å². The quantitative estimate of drug-likeness (QED) is 0.661. The minimum absolute atomic E-state index is 0.0475. The molecule has 3 rings (SSSR count). The van der Waals surface area contributed by atoms with E-state index in [2.05, 4.69) is 31.3 Å². The van der Waals surface area contributed by atoms with Crippen LogP contribution in [0.1, 0.15) is 42.1 Å². The van der Waals surface area contributed by atoms with E-state index in [4.69, 9.17) is 0 Å². The zero-order valence-electron chi connectivity index (χ0n) is 12.8. The lowest BCUT2D eigenvalue weighted by Gasteiger charge is -2.10. The summed E-state index contributed by atoms with van der Waals surface area (Å²) >= 11 is 1.60. The SMILES string of the molecule is CCC(C)c1ccc(NC(=O)c2csc3ccccc23)cc1. The van der Waals surface area contributed by atoms with E-state index in [0.29, 0.717) is 5.92 Å². The van der Waals surface area contributed by atoms with Gasteiger partial charge in [-0.1, -0.05) is 44.2 Å². The fraction of sp³-hybridized carbons (Fsp3) is 0.211. The zero-order chi connectivity index (χ0) is 15.5. The number of amides is 1. The summed E-state index contributed by atoms with van der Waals surface area (Å²) in [6.45, 7) is 4.40. The van der Waals surface area contributed by atoms with Crippen LogP contribution < -0.4 is 5.32 Å². The van der Waals surface area contributed by atoms with Crippen molar-refractivity contribution in [2.24, 2.45) is 0 Å². The van der Waals surface area contributed by atoms with Gasteiger partial charge in [0.2, 0.25) is 0 Å². The molecule has 1 heterocycles. The second kappa shape index (κ2) is 6.32. The molecular formula is C19H19NOS. The Morgan fingerprint density at radius 2 is 1.86 bits per heavy atom. The fourth-order valence-corrected chi connectivity index (χ4v) is 3.42. The number of hydrogen-bond donors (Lipinski definition) is 1. The fourth-order valence-electron chi connectivity index (χ4n) is 2.48. The Bertz CT molecular complexity index is 789. The molecule has 1 unspecified atom stereocenters. The van der Waals surface area contributed by atoms with Crippen molar-refractivity contribution in [3.8, 4) is 0 Å². The third-order valence-corrected chi connectivity index (χ3v) is 5.04. The minimum Gasteiger partial charge on any atom is -0.322 e. The summed E-state index contributed by atoms with van der Waals surface area (Å²) in [5, 5.41) is 5.93. The average Bonchev–Trinajstić information content (AvgIpc) is 2.99. The van der Waals surface area contributed by atoms with Gasteiger partial charge < -0.3 is 5.32 Å². The highest BCUT2D eigenvalue weighted by Gasteiger charge is 2.12. The highest BCUT2D eigenvalue weighted by atomic mass is 32.1. The van der Waals surface area contributed by atoms with Crippen molar-refractivity contribution in [2.45, 2.75) is 26.2 Å². The Labute approximate surface area is 134 Å². The topological polar surface area (TPSA) is 29.1 Å². The molecule has 0 bridgehead atoms. The van der Waals surface area contributed by atoms with Crippen molar-refractivity contribution in [3.05, 3.63) is 65.0 Å². The molecule has 0 saturated heterocycles. The molecule has 112 valence electrons. The van der Waals surface area contributed by atoms with Gasteiger partial charge >= 0.3 is 0 Å². The van der Waals surface area contributed by atoms with Crippen LogP contribution in [0.2, 0.25) is 0 Å². The molecule has 1 N–H and O–H groups in total. The molecule has 0 radical (unpaired) electrons. The van der Waals surface area contributed by atoms with Gasteiger partial charge in [-0.25, -0.2) is 0 Å². The van der Waals surface area contributed by atoms with E-state index >= 15 is 0 Å². The van der Waals surface area contributed by atoms with Gasteiger partial charge in [0, 0.05) is 21.2 Å². The molecular weight excluding hydrogens is 290 g/mol. The maximum atomic E-state index is 12.5. The van der Waals surface area contributed by atoms with E-state index in [9.17, 15) is 4.79 Å². The first-order valence-corrected chi connectivity index (χ1v) is 8.44. The molecule has 1 aromatic heterocycles. The maximum absolute atomic E-state index is 12.5. The molecule has 3 heteroatoms. The van der Waals surface area contributed by atoms with E-state index in [1.54, 1.807) is 11.3 Å². The largest absolute Gasteiger partial charge is 0.322 e. The highest BCUT2D eigenvalue weighted by molar-refractivity contribution is 7.17. The van der Waals surface area contributed by atoms with Crippen molar-refractivity contribution < 1.29 is 4.79 Å². The van der Waals surface area contributed by atoms with Gasteiger partial charge in [-0.2, -0.15) is 0 Å². The molecule has 0 aliphatic carbocycles. The van der Waals surface area contributed by atoms with Crippen molar-refractivity contribution in [1.82, 2.24) is 0 Å². The first-order chi connectivity index (χ1) is 10.7. The maximum Gasteiger partial charge on any atom is 0.257 e. The summed E-state index contributed by atoms with van der Waals surface area (Å²) in [7, 11) is 0. The first-order valence-electron chi connectivity index (χ1n) is 7.56. The minimum atomic E-state index is -0.0475. The van der Waals surface area contributed by atoms with Crippen LogP contribution in [0.15, 0.2) is 53.9 Å². The van der Waals surface area contributed by atoms with Gasteiger partial charge in [-0.15, -0.1) is 11.3 Å². The molecule has 0 aliphatic heterocycles. The smallest absolute Gasteiger partial charge is 0.257 e. The Balaban J connectivity index is 1.79. The number of nitrogens with one attached hydrogen (secondary N) is 1. The van der Waals surface area contributed by atoms with Crippen LogP contribution in [-0.4, -0.2) is 5.91 Å². The summed E-state index contributed by atoms with van der Waals surface area (Å²) in [5.74, 6) is 0.499. The van der Waals surface area contributed by atoms with Gasteiger partial charge in [0.25, 0.3) is 5.91 Å². The van der Waals surface area contributed by atoms with Crippen LogP contribution in [0.25, 0.3) is 10.1 Å². The number of thiophene rings is 1. The van der Waals surface area contributed by atoms with E-state index in [1.807, 2.05) is 41.8 Å². The molecule has 0 aliphatic rings. The third-order valence-electron chi connectivity index (χ3n) is 4.08. The summed E-state index contributed by atoms with van der Waals surface area (Å²) < 4.78 is 1.14. The van der Waals surface area contributed by atoms with E-state index < -0.39 is 0 Å². The van der Waals surface area contributed by atoms with Crippen molar-refractivity contribution >= 4 is 33.0 Å². The van der Waals surface area contributed by atoms with Gasteiger partial charge in [-0.3, -0.25) is 4.79 Å². The third kappa shape index (κ3) is 2.90. The lowest BCUT2D eigenvalue weighted by molar-refractivity contribution is 0.102. The van der Waals surface area contributed by atoms with Crippen LogP contribution in [0.5, 0.6) is 0 Å². The molecule has 2 nitrogen and oxygen atoms in total. The lowest BCUT2D eigenvalue weighted by atomic mass is 9.98. The molecule has 22 heavy (non-hydrogen) atoms. The Kier molecular flexibility index (Phi) is 4.25. The number of rotatable bonds is 4. The van der Waals surface area contributed by atoms with E-state index in [-0.39, 0.29) is 5.91 Å². The van der Waals surface area contributed by atoms with Crippen molar-refractivity contribution in [3.63, 3.8) is 0 Å². The number of benzene rings is 2. The second-order valence-corrected chi connectivity index (χ2v) is 6.44. The lowest BCUT2D eigenvalue weighted by Crippen LogP contribution is -2.11. The number of hydrogen-bond acceptors (Lipinski definition) is 2. The van der Waals surface area contributed by atoms with Gasteiger partial charge in [-0.05, 0) is 36.1 Å². The number of carbonyl (C=O) groups is 1. The summed E-state index contributed by atoms with van der Waals surface area (Å²) in [6.07, 6.45) is 1.12.